The SMILES string of the molecule is CCCc1cc(C(=O)N2CCC[C@H](c3nc(-c4cccnc4)no3)C2)no1. The summed E-state index contributed by atoms with van der Waals surface area (Å²) >= 11 is 0. The third-order valence-electron chi connectivity index (χ3n) is 4.69. The van der Waals surface area contributed by atoms with E-state index in [0.29, 0.717) is 30.5 Å². The highest BCUT2D eigenvalue weighted by atomic mass is 16.5. The van der Waals surface area contributed by atoms with Gasteiger partial charge in [-0.2, -0.15) is 4.98 Å². The Bertz CT molecular complexity index is 905. The molecule has 140 valence electrons. The number of piperidine rings is 1. The van der Waals surface area contributed by atoms with Crippen molar-refractivity contribution in [1.29, 1.82) is 0 Å². The maximum Gasteiger partial charge on any atom is 0.276 e. The fourth-order valence-corrected chi connectivity index (χ4v) is 3.32. The molecule has 0 spiro atoms. The van der Waals surface area contributed by atoms with Gasteiger partial charge in [-0.05, 0) is 31.4 Å². The van der Waals surface area contributed by atoms with Gasteiger partial charge in [-0.1, -0.05) is 17.2 Å². The van der Waals surface area contributed by atoms with E-state index in [1.165, 1.54) is 0 Å². The molecule has 1 atom stereocenters. The van der Waals surface area contributed by atoms with E-state index in [2.05, 4.69) is 27.2 Å². The first-order valence-electron chi connectivity index (χ1n) is 9.23. The second-order valence-electron chi connectivity index (χ2n) is 6.72. The Morgan fingerprint density at radius 2 is 2.26 bits per heavy atom. The molecule has 4 rings (SSSR count). The third kappa shape index (κ3) is 3.74. The highest BCUT2D eigenvalue weighted by molar-refractivity contribution is 5.92. The zero-order valence-corrected chi connectivity index (χ0v) is 15.2. The monoisotopic (exact) mass is 367 g/mol. The minimum Gasteiger partial charge on any atom is -0.361 e. The Morgan fingerprint density at radius 1 is 1.33 bits per heavy atom. The van der Waals surface area contributed by atoms with Crippen molar-refractivity contribution in [3.63, 3.8) is 0 Å². The predicted molar refractivity (Wildman–Crippen MR) is 95.9 cm³/mol. The lowest BCUT2D eigenvalue weighted by Gasteiger charge is -2.30. The first-order chi connectivity index (χ1) is 13.2. The van der Waals surface area contributed by atoms with E-state index in [1.54, 1.807) is 23.4 Å². The highest BCUT2D eigenvalue weighted by Crippen LogP contribution is 2.28. The van der Waals surface area contributed by atoms with Crippen LogP contribution in [0.3, 0.4) is 0 Å². The minimum absolute atomic E-state index is 0.0163. The molecule has 8 nitrogen and oxygen atoms in total. The average Bonchev–Trinajstić information content (AvgIpc) is 3.39. The molecule has 1 fully saturated rings. The van der Waals surface area contributed by atoms with Crippen molar-refractivity contribution in [2.24, 2.45) is 0 Å². The molecule has 0 aliphatic carbocycles. The Labute approximate surface area is 156 Å². The van der Waals surface area contributed by atoms with Gasteiger partial charge in [0.25, 0.3) is 5.91 Å². The number of carbonyl (C=O) groups is 1. The number of likely N-dealkylation sites (tertiary alicyclic amines) is 1. The van der Waals surface area contributed by atoms with Crippen molar-refractivity contribution < 1.29 is 13.8 Å². The number of hydrogen-bond donors (Lipinski definition) is 0. The molecule has 0 unspecified atom stereocenters. The summed E-state index contributed by atoms with van der Waals surface area (Å²) in [4.78, 5) is 23.1. The summed E-state index contributed by atoms with van der Waals surface area (Å²) in [5.74, 6) is 1.72. The van der Waals surface area contributed by atoms with E-state index in [-0.39, 0.29) is 11.8 Å². The van der Waals surface area contributed by atoms with Crippen LogP contribution in [0.1, 0.15) is 54.2 Å². The van der Waals surface area contributed by atoms with Gasteiger partial charge in [0.2, 0.25) is 11.7 Å². The van der Waals surface area contributed by atoms with E-state index < -0.39 is 0 Å². The molecule has 4 heterocycles. The second-order valence-corrected chi connectivity index (χ2v) is 6.72. The summed E-state index contributed by atoms with van der Waals surface area (Å²) in [6.45, 7) is 3.28. The summed E-state index contributed by atoms with van der Waals surface area (Å²) in [6, 6.07) is 5.45. The fourth-order valence-electron chi connectivity index (χ4n) is 3.32. The topological polar surface area (TPSA) is 98.2 Å². The molecule has 0 aromatic carbocycles. The number of amides is 1. The summed E-state index contributed by atoms with van der Waals surface area (Å²) < 4.78 is 10.7. The number of aromatic nitrogens is 4. The maximum atomic E-state index is 12.7. The summed E-state index contributed by atoms with van der Waals surface area (Å²) in [5.41, 5.74) is 1.17. The summed E-state index contributed by atoms with van der Waals surface area (Å²) in [5, 5.41) is 7.98. The zero-order chi connectivity index (χ0) is 18.6. The van der Waals surface area contributed by atoms with Gasteiger partial charge in [-0.15, -0.1) is 0 Å². The molecule has 1 saturated heterocycles. The van der Waals surface area contributed by atoms with Gasteiger partial charge in [0.1, 0.15) is 5.76 Å². The van der Waals surface area contributed by atoms with Gasteiger partial charge in [0.15, 0.2) is 5.69 Å². The molecule has 1 amide bonds. The van der Waals surface area contributed by atoms with Gasteiger partial charge >= 0.3 is 0 Å². The van der Waals surface area contributed by atoms with Crippen LogP contribution in [0.2, 0.25) is 0 Å². The van der Waals surface area contributed by atoms with E-state index in [9.17, 15) is 4.79 Å². The van der Waals surface area contributed by atoms with Crippen molar-refractivity contribution >= 4 is 5.91 Å². The van der Waals surface area contributed by atoms with Gasteiger partial charge < -0.3 is 13.9 Å². The lowest BCUT2D eigenvalue weighted by Crippen LogP contribution is -2.39. The Morgan fingerprint density at radius 3 is 3.07 bits per heavy atom. The molecule has 0 saturated carbocycles. The summed E-state index contributed by atoms with van der Waals surface area (Å²) in [6.07, 6.45) is 6.90. The molecule has 0 radical (unpaired) electrons. The van der Waals surface area contributed by atoms with E-state index in [0.717, 1.165) is 37.0 Å². The standard InChI is InChI=1S/C19H21N5O3/c1-2-5-15-10-16(22-26-15)19(25)24-9-4-7-14(12-24)18-21-17(23-27-18)13-6-3-8-20-11-13/h3,6,8,10-11,14H,2,4-5,7,9,12H2,1H3/t14-/m0/s1. The zero-order valence-electron chi connectivity index (χ0n) is 15.2. The van der Waals surface area contributed by atoms with Crippen molar-refractivity contribution in [2.75, 3.05) is 13.1 Å². The second kappa shape index (κ2) is 7.69. The van der Waals surface area contributed by atoms with E-state index in [1.807, 2.05) is 12.1 Å². The highest BCUT2D eigenvalue weighted by Gasteiger charge is 2.30. The van der Waals surface area contributed by atoms with Crippen molar-refractivity contribution in [2.45, 2.75) is 38.5 Å². The van der Waals surface area contributed by atoms with Gasteiger partial charge in [0.05, 0.1) is 5.92 Å². The number of hydrogen-bond acceptors (Lipinski definition) is 7. The normalized spacial score (nSPS) is 17.2. The quantitative estimate of drug-likeness (QED) is 0.683. The van der Waals surface area contributed by atoms with Crippen LogP contribution in [0.4, 0.5) is 0 Å². The Balaban J connectivity index is 1.46. The first-order valence-corrected chi connectivity index (χ1v) is 9.23. The Hall–Kier alpha value is -3.03. The number of aryl methyl sites for hydroxylation is 1. The molecule has 1 aliphatic rings. The predicted octanol–water partition coefficient (Wildman–Crippen LogP) is 3.09. The van der Waals surface area contributed by atoms with Crippen LogP contribution in [0.25, 0.3) is 11.4 Å². The fraction of sp³-hybridized carbons (Fsp3) is 0.421. The molecule has 8 heteroatoms. The van der Waals surface area contributed by atoms with Crippen LogP contribution in [-0.2, 0) is 6.42 Å². The van der Waals surface area contributed by atoms with Gasteiger partial charge in [0, 0.05) is 43.5 Å². The number of pyridine rings is 1. The average molecular weight is 367 g/mol. The first kappa shape index (κ1) is 17.4. The molecule has 0 N–H and O–H groups in total. The Kier molecular flexibility index (Phi) is 4.95. The number of rotatable bonds is 5. The maximum absolute atomic E-state index is 12.7. The van der Waals surface area contributed by atoms with Crippen LogP contribution in [0.15, 0.2) is 39.6 Å². The van der Waals surface area contributed by atoms with Crippen molar-refractivity contribution in [3.05, 3.63) is 47.9 Å². The lowest BCUT2D eigenvalue weighted by atomic mass is 9.97. The van der Waals surface area contributed by atoms with Crippen molar-refractivity contribution in [1.82, 2.24) is 25.2 Å². The van der Waals surface area contributed by atoms with Crippen molar-refractivity contribution in [3.8, 4) is 11.4 Å². The smallest absolute Gasteiger partial charge is 0.276 e. The number of nitrogens with zero attached hydrogens (tertiary/aromatic N) is 5. The molecule has 3 aromatic heterocycles. The molecular formula is C19H21N5O3. The molecule has 3 aromatic rings. The van der Waals surface area contributed by atoms with Crippen LogP contribution < -0.4 is 0 Å². The summed E-state index contributed by atoms with van der Waals surface area (Å²) in [7, 11) is 0. The third-order valence-corrected chi connectivity index (χ3v) is 4.69. The number of carbonyl (C=O) groups excluding carboxylic acids is 1. The molecule has 27 heavy (non-hydrogen) atoms. The van der Waals surface area contributed by atoms with E-state index >= 15 is 0 Å². The largest absolute Gasteiger partial charge is 0.361 e. The van der Waals surface area contributed by atoms with Crippen LogP contribution in [0, 0.1) is 0 Å². The molecular weight excluding hydrogens is 346 g/mol. The van der Waals surface area contributed by atoms with Crippen LogP contribution in [0.5, 0.6) is 0 Å². The minimum atomic E-state index is -0.113. The van der Waals surface area contributed by atoms with Gasteiger partial charge in [-0.3, -0.25) is 9.78 Å². The molecule has 0 bridgehead atoms. The lowest BCUT2D eigenvalue weighted by molar-refractivity contribution is 0.0685. The van der Waals surface area contributed by atoms with Crippen LogP contribution in [-0.4, -0.2) is 44.2 Å². The van der Waals surface area contributed by atoms with E-state index in [4.69, 9.17) is 9.05 Å². The van der Waals surface area contributed by atoms with Crippen LogP contribution >= 0.6 is 0 Å². The molecule has 1 aliphatic heterocycles. The van der Waals surface area contributed by atoms with Gasteiger partial charge in [-0.25, -0.2) is 0 Å².